The van der Waals surface area contributed by atoms with Crippen LogP contribution in [-0.4, -0.2) is 23.9 Å². The highest BCUT2D eigenvalue weighted by Crippen LogP contribution is 2.38. The molecule has 0 unspecified atom stereocenters. The smallest absolute Gasteiger partial charge is 0.0653 e. The summed E-state index contributed by atoms with van der Waals surface area (Å²) in [6.45, 7) is 0.867. The zero-order valence-electron chi connectivity index (χ0n) is 4.71. The van der Waals surface area contributed by atoms with E-state index in [1.54, 1.807) is 0 Å². The van der Waals surface area contributed by atoms with E-state index in [0.717, 1.165) is 19.4 Å². The van der Waals surface area contributed by atoms with Gasteiger partial charge in [-0.1, -0.05) is 0 Å². The lowest BCUT2D eigenvalue weighted by Gasteiger charge is -2.34. The Bertz CT molecular complexity index is 103. The van der Waals surface area contributed by atoms with Gasteiger partial charge in [-0.15, -0.1) is 0 Å². The van der Waals surface area contributed by atoms with Crippen molar-refractivity contribution in [3.8, 4) is 0 Å². The topological polar surface area (TPSA) is 29.5 Å². The molecule has 1 saturated carbocycles. The summed E-state index contributed by atoms with van der Waals surface area (Å²) < 4.78 is 5.26. The molecule has 8 heavy (non-hydrogen) atoms. The van der Waals surface area contributed by atoms with Gasteiger partial charge in [0.1, 0.15) is 0 Å². The van der Waals surface area contributed by atoms with Gasteiger partial charge in [0.25, 0.3) is 0 Å². The van der Waals surface area contributed by atoms with Crippen molar-refractivity contribution in [2.45, 2.75) is 25.0 Å². The molecule has 1 aliphatic carbocycles. The average molecular weight is 114 g/mol. The van der Waals surface area contributed by atoms with Gasteiger partial charge >= 0.3 is 0 Å². The Labute approximate surface area is 48.5 Å². The second-order valence-corrected chi connectivity index (χ2v) is 2.66. The van der Waals surface area contributed by atoms with Crippen molar-refractivity contribution in [1.82, 2.24) is 0 Å². The quantitative estimate of drug-likeness (QED) is 0.486. The summed E-state index contributed by atoms with van der Waals surface area (Å²) in [5.74, 6) is 0.495. The number of fused-ring (bicyclic) bond motifs is 1. The molecule has 0 radical (unpaired) electrons. The molecule has 0 aromatic rings. The predicted octanol–water partition coefficient (Wildman–Crippen LogP) is 0.156. The molecule has 0 amide bonds. The summed E-state index contributed by atoms with van der Waals surface area (Å²) in [5, 5.41) is 9.04. The molecule has 1 heterocycles. The van der Waals surface area contributed by atoms with Gasteiger partial charge in [-0.25, -0.2) is 0 Å². The fourth-order valence-electron chi connectivity index (χ4n) is 1.56. The van der Waals surface area contributed by atoms with E-state index in [0.29, 0.717) is 12.0 Å². The van der Waals surface area contributed by atoms with Gasteiger partial charge in [0.05, 0.1) is 12.2 Å². The first-order valence-electron chi connectivity index (χ1n) is 3.17. The van der Waals surface area contributed by atoms with Gasteiger partial charge in [0, 0.05) is 18.9 Å². The molecule has 0 spiro atoms. The van der Waals surface area contributed by atoms with Crippen LogP contribution in [-0.2, 0) is 4.74 Å². The molecule has 0 aromatic carbocycles. The van der Waals surface area contributed by atoms with Crippen LogP contribution in [0, 0.1) is 5.92 Å². The summed E-state index contributed by atoms with van der Waals surface area (Å²) in [6.07, 6.45) is 2.34. The van der Waals surface area contributed by atoms with Crippen molar-refractivity contribution >= 4 is 0 Å². The average Bonchev–Trinajstić information content (AvgIpc) is 2.09. The third-order valence-corrected chi connectivity index (χ3v) is 2.23. The third kappa shape index (κ3) is 0.446. The largest absolute Gasteiger partial charge is 0.393 e. The summed E-state index contributed by atoms with van der Waals surface area (Å²) in [7, 11) is 0. The molecule has 0 aromatic heterocycles. The minimum absolute atomic E-state index is 0.0394. The molecular weight excluding hydrogens is 104 g/mol. The maximum Gasteiger partial charge on any atom is 0.0653 e. The second kappa shape index (κ2) is 1.45. The summed E-state index contributed by atoms with van der Waals surface area (Å²) >= 11 is 0. The normalized spacial score (nSPS) is 52.9. The van der Waals surface area contributed by atoms with E-state index in [2.05, 4.69) is 0 Å². The minimum atomic E-state index is -0.0394. The summed E-state index contributed by atoms with van der Waals surface area (Å²) in [5.41, 5.74) is 0. The molecule has 1 saturated heterocycles. The van der Waals surface area contributed by atoms with Crippen LogP contribution in [0.15, 0.2) is 0 Å². The predicted molar refractivity (Wildman–Crippen MR) is 28.5 cm³/mol. The molecule has 2 heteroatoms. The van der Waals surface area contributed by atoms with Gasteiger partial charge in [-0.05, 0) is 6.42 Å². The van der Waals surface area contributed by atoms with Gasteiger partial charge in [0.2, 0.25) is 0 Å². The van der Waals surface area contributed by atoms with E-state index in [4.69, 9.17) is 9.84 Å². The van der Waals surface area contributed by atoms with Crippen LogP contribution in [0.25, 0.3) is 0 Å². The van der Waals surface area contributed by atoms with Crippen LogP contribution in [0.5, 0.6) is 0 Å². The summed E-state index contributed by atoms with van der Waals surface area (Å²) in [4.78, 5) is 0. The fraction of sp³-hybridized carbons (Fsp3) is 1.00. The van der Waals surface area contributed by atoms with Crippen LogP contribution < -0.4 is 0 Å². The molecule has 1 N–H and O–H groups in total. The monoisotopic (exact) mass is 114 g/mol. The Morgan fingerprint density at radius 2 is 2.38 bits per heavy atom. The van der Waals surface area contributed by atoms with E-state index in [9.17, 15) is 0 Å². The van der Waals surface area contributed by atoms with Crippen molar-refractivity contribution in [3.63, 3.8) is 0 Å². The molecule has 2 fully saturated rings. The van der Waals surface area contributed by atoms with Crippen LogP contribution in [0.4, 0.5) is 0 Å². The molecule has 2 rings (SSSR count). The lowest BCUT2D eigenvalue weighted by Crippen LogP contribution is -2.42. The maximum absolute atomic E-state index is 9.04. The second-order valence-electron chi connectivity index (χ2n) is 2.66. The van der Waals surface area contributed by atoms with E-state index >= 15 is 0 Å². The lowest BCUT2D eigenvalue weighted by molar-refractivity contribution is -0.0679. The molecule has 3 atom stereocenters. The molecule has 0 bridgehead atoms. The Morgan fingerprint density at radius 3 is 2.88 bits per heavy atom. The Hall–Kier alpha value is -0.0800. The highest BCUT2D eigenvalue weighted by atomic mass is 16.5. The Balaban J connectivity index is 2.02. The van der Waals surface area contributed by atoms with Crippen LogP contribution in [0.1, 0.15) is 12.8 Å². The number of ether oxygens (including phenoxy) is 1. The first-order valence-corrected chi connectivity index (χ1v) is 3.17. The van der Waals surface area contributed by atoms with Gasteiger partial charge in [-0.2, -0.15) is 0 Å². The zero-order chi connectivity index (χ0) is 5.56. The van der Waals surface area contributed by atoms with E-state index < -0.39 is 0 Å². The number of aliphatic hydroxyl groups excluding tert-OH is 1. The molecule has 46 valence electrons. The lowest BCUT2D eigenvalue weighted by atomic mass is 9.79. The number of hydrogen-bond donors (Lipinski definition) is 1. The Kier molecular flexibility index (Phi) is 0.866. The maximum atomic E-state index is 9.04. The van der Waals surface area contributed by atoms with Crippen molar-refractivity contribution in [2.75, 3.05) is 6.61 Å². The van der Waals surface area contributed by atoms with Crippen molar-refractivity contribution in [3.05, 3.63) is 0 Å². The van der Waals surface area contributed by atoms with Crippen LogP contribution in [0.3, 0.4) is 0 Å². The van der Waals surface area contributed by atoms with Crippen LogP contribution >= 0.6 is 0 Å². The first-order chi connectivity index (χ1) is 3.88. The highest BCUT2D eigenvalue weighted by molar-refractivity contribution is 4.93. The highest BCUT2D eigenvalue weighted by Gasteiger charge is 2.43. The molecule has 1 aliphatic heterocycles. The molecule has 2 aliphatic rings. The minimum Gasteiger partial charge on any atom is -0.393 e. The number of rotatable bonds is 0. The van der Waals surface area contributed by atoms with Gasteiger partial charge in [0.15, 0.2) is 0 Å². The standard InChI is InChI=1S/C6H10O2/c7-5-3-6-4(5)1-2-8-6/h4-7H,1-3H2/t4-,5-,6+/m0/s1. The van der Waals surface area contributed by atoms with Gasteiger partial charge in [-0.3, -0.25) is 0 Å². The molecule has 2 nitrogen and oxygen atoms in total. The van der Waals surface area contributed by atoms with Crippen LogP contribution in [0.2, 0.25) is 0 Å². The third-order valence-electron chi connectivity index (χ3n) is 2.23. The SMILES string of the molecule is O[C@H]1C[C@H]2OCC[C@@H]12. The zero-order valence-corrected chi connectivity index (χ0v) is 4.71. The Morgan fingerprint density at radius 1 is 1.50 bits per heavy atom. The van der Waals surface area contributed by atoms with Gasteiger partial charge < -0.3 is 9.84 Å². The molecular formula is C6H10O2. The van der Waals surface area contributed by atoms with E-state index in [-0.39, 0.29) is 6.10 Å². The number of hydrogen-bond acceptors (Lipinski definition) is 2. The van der Waals surface area contributed by atoms with E-state index in [1.807, 2.05) is 0 Å². The van der Waals surface area contributed by atoms with Crippen molar-refractivity contribution in [1.29, 1.82) is 0 Å². The van der Waals surface area contributed by atoms with E-state index in [1.165, 1.54) is 0 Å². The number of aliphatic hydroxyl groups is 1. The summed E-state index contributed by atoms with van der Waals surface area (Å²) in [6, 6.07) is 0. The fourth-order valence-corrected chi connectivity index (χ4v) is 1.56. The first kappa shape index (κ1) is 4.77. The van der Waals surface area contributed by atoms with Crippen molar-refractivity contribution in [2.24, 2.45) is 5.92 Å². The van der Waals surface area contributed by atoms with Crippen molar-refractivity contribution < 1.29 is 9.84 Å².